The van der Waals surface area contributed by atoms with Gasteiger partial charge in [0.25, 0.3) is 10.0 Å². The Morgan fingerprint density at radius 3 is 2.20 bits per heavy atom. The van der Waals surface area contributed by atoms with Crippen molar-refractivity contribution in [3.05, 3.63) is 94.5 Å². The molecule has 0 aliphatic rings. The lowest BCUT2D eigenvalue weighted by molar-refractivity contribution is -0.139. The maximum Gasteiger partial charge on any atom is 0.416 e. The van der Waals surface area contributed by atoms with Crippen LogP contribution in [0.1, 0.15) is 30.5 Å². The Bertz CT molecular complexity index is 1450. The van der Waals surface area contributed by atoms with Gasteiger partial charge in [-0.2, -0.15) is 13.2 Å². The highest BCUT2D eigenvalue weighted by atomic mass is 35.5. The molecule has 0 aliphatic carbocycles. The van der Waals surface area contributed by atoms with Gasteiger partial charge in [-0.15, -0.1) is 0 Å². The van der Waals surface area contributed by atoms with E-state index in [4.69, 9.17) is 11.6 Å². The SMILES string of the molecule is CCNC(=O)[C@@H](C)N(Cc1ccc(Cl)cc1)C(=O)CN(c1cccc(C(F)(F)F)c1)S(=O)(=O)c1ccc(C)cc1. The van der Waals surface area contributed by atoms with Crippen molar-refractivity contribution in [3.63, 3.8) is 0 Å². The number of anilines is 1. The van der Waals surface area contributed by atoms with Gasteiger partial charge in [0.1, 0.15) is 12.6 Å². The molecule has 0 fully saturated rings. The van der Waals surface area contributed by atoms with E-state index in [1.165, 1.54) is 30.0 Å². The maximum atomic E-state index is 13.8. The molecule has 0 unspecified atom stereocenters. The molecule has 7 nitrogen and oxygen atoms in total. The highest BCUT2D eigenvalue weighted by Gasteiger charge is 2.35. The van der Waals surface area contributed by atoms with Crippen LogP contribution in [-0.2, 0) is 32.3 Å². The second kappa shape index (κ2) is 12.7. The van der Waals surface area contributed by atoms with Gasteiger partial charge in [0.2, 0.25) is 11.8 Å². The normalized spacial score (nSPS) is 12.5. The van der Waals surface area contributed by atoms with E-state index in [1.807, 2.05) is 0 Å². The molecule has 0 bridgehead atoms. The van der Waals surface area contributed by atoms with Gasteiger partial charge in [-0.25, -0.2) is 8.42 Å². The Hall–Kier alpha value is -3.57. The number of benzene rings is 3. The first kappa shape index (κ1) is 31.0. The van der Waals surface area contributed by atoms with Crippen molar-refractivity contribution in [1.82, 2.24) is 10.2 Å². The van der Waals surface area contributed by atoms with Crippen molar-refractivity contribution in [3.8, 4) is 0 Å². The van der Waals surface area contributed by atoms with Gasteiger partial charge in [0.15, 0.2) is 0 Å². The van der Waals surface area contributed by atoms with Crippen molar-refractivity contribution in [2.45, 2.75) is 44.4 Å². The predicted octanol–water partition coefficient (Wildman–Crippen LogP) is 5.42. The molecular formula is C28H29ClF3N3O4S. The Balaban J connectivity index is 2.09. The van der Waals surface area contributed by atoms with Crippen molar-refractivity contribution in [2.24, 2.45) is 0 Å². The van der Waals surface area contributed by atoms with Crippen LogP contribution in [0.5, 0.6) is 0 Å². The van der Waals surface area contributed by atoms with Gasteiger partial charge >= 0.3 is 6.18 Å². The Kier molecular flexibility index (Phi) is 9.86. The topological polar surface area (TPSA) is 86.8 Å². The Morgan fingerprint density at radius 1 is 1.00 bits per heavy atom. The van der Waals surface area contributed by atoms with E-state index in [9.17, 15) is 31.2 Å². The lowest BCUT2D eigenvalue weighted by Crippen LogP contribution is -2.51. The smallest absolute Gasteiger partial charge is 0.355 e. The van der Waals surface area contributed by atoms with E-state index in [1.54, 1.807) is 50.2 Å². The number of rotatable bonds is 10. The molecule has 0 saturated heterocycles. The average Bonchev–Trinajstić information content (AvgIpc) is 2.90. The van der Waals surface area contributed by atoms with Gasteiger partial charge in [0, 0.05) is 18.1 Å². The van der Waals surface area contributed by atoms with E-state index in [2.05, 4.69) is 5.32 Å². The summed E-state index contributed by atoms with van der Waals surface area (Å²) in [5, 5.41) is 3.09. The molecule has 2 amide bonds. The number of amides is 2. The third kappa shape index (κ3) is 7.54. The summed E-state index contributed by atoms with van der Waals surface area (Å²) in [6, 6.07) is 15.0. The lowest BCUT2D eigenvalue weighted by Gasteiger charge is -2.32. The van der Waals surface area contributed by atoms with Crippen molar-refractivity contribution >= 4 is 39.1 Å². The summed E-state index contributed by atoms with van der Waals surface area (Å²) in [6.45, 7) is 4.32. The minimum atomic E-state index is -4.74. The number of carbonyl (C=O) groups excluding carboxylic acids is 2. The summed E-state index contributed by atoms with van der Waals surface area (Å²) in [5.74, 6) is -1.27. The van der Waals surface area contributed by atoms with Crippen LogP contribution in [0, 0.1) is 6.92 Å². The second-order valence-corrected chi connectivity index (χ2v) is 11.4. The standard InChI is InChI=1S/C28H29ClF3N3O4S/c1-4-33-27(37)20(3)34(17-21-10-12-23(29)13-11-21)26(36)18-35(24-7-5-6-22(16-24)28(30,31)32)40(38,39)25-14-8-19(2)9-15-25/h5-16,20H,4,17-18H2,1-3H3,(H,33,37)/t20-/m1/s1. The molecule has 0 saturated carbocycles. The van der Waals surface area contributed by atoms with Gasteiger partial charge < -0.3 is 10.2 Å². The number of nitrogens with zero attached hydrogens (tertiary/aromatic N) is 2. The summed E-state index contributed by atoms with van der Waals surface area (Å²) >= 11 is 5.97. The molecule has 3 rings (SSSR count). The lowest BCUT2D eigenvalue weighted by atomic mass is 10.1. The van der Waals surface area contributed by atoms with E-state index < -0.39 is 46.2 Å². The van der Waals surface area contributed by atoms with Gasteiger partial charge in [0.05, 0.1) is 16.1 Å². The van der Waals surface area contributed by atoms with Crippen molar-refractivity contribution < 1.29 is 31.2 Å². The molecule has 214 valence electrons. The van der Waals surface area contributed by atoms with Crippen LogP contribution in [-0.4, -0.2) is 44.3 Å². The minimum Gasteiger partial charge on any atom is -0.355 e. The monoisotopic (exact) mass is 595 g/mol. The predicted molar refractivity (Wildman–Crippen MR) is 147 cm³/mol. The molecule has 0 aromatic heterocycles. The molecule has 0 heterocycles. The third-order valence-corrected chi connectivity index (χ3v) is 8.17. The number of hydrogen-bond donors (Lipinski definition) is 1. The second-order valence-electron chi connectivity index (χ2n) is 9.09. The minimum absolute atomic E-state index is 0.0741. The number of sulfonamides is 1. The van der Waals surface area contributed by atoms with E-state index >= 15 is 0 Å². The molecule has 1 N–H and O–H groups in total. The van der Waals surface area contributed by atoms with Gasteiger partial charge in [-0.3, -0.25) is 13.9 Å². The molecule has 0 radical (unpaired) electrons. The fourth-order valence-corrected chi connectivity index (χ4v) is 5.43. The molecule has 0 spiro atoms. The van der Waals surface area contributed by atoms with Crippen LogP contribution < -0.4 is 9.62 Å². The zero-order chi connectivity index (χ0) is 29.7. The number of hydrogen-bond acceptors (Lipinski definition) is 4. The number of halogens is 4. The number of nitrogens with one attached hydrogen (secondary N) is 1. The number of carbonyl (C=O) groups is 2. The highest BCUT2D eigenvalue weighted by Crippen LogP contribution is 2.33. The van der Waals surface area contributed by atoms with Crippen LogP contribution in [0.4, 0.5) is 18.9 Å². The summed E-state index contributed by atoms with van der Waals surface area (Å²) in [5.41, 5.74) is -0.0393. The molecule has 3 aromatic rings. The first-order chi connectivity index (χ1) is 18.7. The first-order valence-corrected chi connectivity index (χ1v) is 14.1. The quantitative estimate of drug-likeness (QED) is 0.339. The summed E-state index contributed by atoms with van der Waals surface area (Å²) in [4.78, 5) is 27.4. The first-order valence-electron chi connectivity index (χ1n) is 12.3. The fourth-order valence-electron chi connectivity index (χ4n) is 3.89. The molecule has 3 aromatic carbocycles. The zero-order valence-corrected chi connectivity index (χ0v) is 23.6. The number of aryl methyl sites for hydroxylation is 1. The summed E-state index contributed by atoms with van der Waals surface area (Å²) in [7, 11) is -4.50. The van der Waals surface area contributed by atoms with Crippen LogP contribution >= 0.6 is 11.6 Å². The maximum absolute atomic E-state index is 13.8. The van der Waals surface area contributed by atoms with Crippen LogP contribution in [0.15, 0.2) is 77.7 Å². The number of alkyl halides is 3. The van der Waals surface area contributed by atoms with E-state index in [0.717, 1.165) is 17.7 Å². The molecular weight excluding hydrogens is 567 g/mol. The highest BCUT2D eigenvalue weighted by molar-refractivity contribution is 7.92. The van der Waals surface area contributed by atoms with Crippen LogP contribution in [0.3, 0.4) is 0 Å². The van der Waals surface area contributed by atoms with Crippen molar-refractivity contribution in [1.29, 1.82) is 0 Å². The number of likely N-dealkylation sites (N-methyl/N-ethyl adjacent to an activating group) is 1. The molecule has 12 heteroatoms. The molecule has 0 aliphatic heterocycles. The third-order valence-electron chi connectivity index (χ3n) is 6.13. The van der Waals surface area contributed by atoms with Gasteiger partial charge in [-0.1, -0.05) is 47.5 Å². The summed E-state index contributed by atoms with van der Waals surface area (Å²) in [6.07, 6.45) is -4.74. The molecule has 1 atom stereocenters. The Morgan fingerprint density at radius 2 is 1.62 bits per heavy atom. The Labute approximate surface area is 236 Å². The fraction of sp³-hybridized carbons (Fsp3) is 0.286. The average molecular weight is 596 g/mol. The van der Waals surface area contributed by atoms with Crippen LogP contribution in [0.25, 0.3) is 0 Å². The van der Waals surface area contributed by atoms with Gasteiger partial charge in [-0.05, 0) is 68.8 Å². The van der Waals surface area contributed by atoms with E-state index in [-0.39, 0.29) is 17.1 Å². The summed E-state index contributed by atoms with van der Waals surface area (Å²) < 4.78 is 68.7. The van der Waals surface area contributed by atoms with E-state index in [0.29, 0.717) is 27.5 Å². The molecule has 40 heavy (non-hydrogen) atoms. The largest absolute Gasteiger partial charge is 0.416 e. The van der Waals surface area contributed by atoms with Crippen molar-refractivity contribution in [2.75, 3.05) is 17.4 Å². The van der Waals surface area contributed by atoms with Crippen LogP contribution in [0.2, 0.25) is 5.02 Å². The zero-order valence-electron chi connectivity index (χ0n) is 22.1.